The second-order valence-corrected chi connectivity index (χ2v) is 3.86. The number of allylic oxidation sites excluding steroid dienone is 1. The summed E-state index contributed by atoms with van der Waals surface area (Å²) in [5.74, 6) is 0.991. The summed E-state index contributed by atoms with van der Waals surface area (Å²) < 4.78 is 5.02. The lowest BCUT2D eigenvalue weighted by molar-refractivity contribution is -0.157. The average molecular weight is 196 g/mol. The van der Waals surface area contributed by atoms with Crippen molar-refractivity contribution in [1.82, 2.24) is 0 Å². The summed E-state index contributed by atoms with van der Waals surface area (Å²) in [4.78, 5) is 11.1. The van der Waals surface area contributed by atoms with Gasteiger partial charge in [-0.3, -0.25) is 4.79 Å². The number of rotatable bonds is 6. The van der Waals surface area contributed by atoms with Gasteiger partial charge in [0.1, 0.15) is 11.7 Å². The third kappa shape index (κ3) is 2.86. The Balaban J connectivity index is 2.31. The fraction of sp³-hybridized carbons (Fsp3) is 0.750. The van der Waals surface area contributed by atoms with E-state index in [4.69, 9.17) is 4.74 Å². The van der Waals surface area contributed by atoms with E-state index in [1.54, 1.807) is 0 Å². The number of carbonyl (C=O) groups excluding carboxylic acids is 1. The monoisotopic (exact) mass is 196 g/mol. The zero-order valence-corrected chi connectivity index (χ0v) is 9.21. The maximum absolute atomic E-state index is 11.1. The van der Waals surface area contributed by atoms with Crippen molar-refractivity contribution in [3.8, 4) is 0 Å². The molecule has 0 amide bonds. The van der Waals surface area contributed by atoms with Gasteiger partial charge in [0, 0.05) is 0 Å². The van der Waals surface area contributed by atoms with Gasteiger partial charge in [0.05, 0.1) is 0 Å². The number of ether oxygens (including phenoxy) is 1. The van der Waals surface area contributed by atoms with Crippen molar-refractivity contribution in [1.29, 1.82) is 0 Å². The number of cyclic esters (lactones) is 1. The van der Waals surface area contributed by atoms with Crippen LogP contribution in [-0.4, -0.2) is 5.97 Å². The van der Waals surface area contributed by atoms with Crippen LogP contribution in [0.3, 0.4) is 0 Å². The highest BCUT2D eigenvalue weighted by molar-refractivity contribution is 5.82. The number of carbonyl (C=O) groups is 1. The van der Waals surface area contributed by atoms with Gasteiger partial charge in [-0.05, 0) is 25.3 Å². The van der Waals surface area contributed by atoms with Gasteiger partial charge in [0.25, 0.3) is 0 Å². The van der Waals surface area contributed by atoms with Crippen LogP contribution in [0.1, 0.15) is 52.4 Å². The third-order valence-corrected chi connectivity index (χ3v) is 2.60. The van der Waals surface area contributed by atoms with Gasteiger partial charge in [0.15, 0.2) is 0 Å². The highest BCUT2D eigenvalue weighted by atomic mass is 16.6. The summed E-state index contributed by atoms with van der Waals surface area (Å²) >= 11 is 0. The minimum atomic E-state index is -0.0267. The molecule has 0 aromatic heterocycles. The quantitative estimate of drug-likeness (QED) is 0.480. The molecule has 2 heteroatoms. The molecule has 1 heterocycles. The van der Waals surface area contributed by atoms with Crippen molar-refractivity contribution < 1.29 is 9.53 Å². The van der Waals surface area contributed by atoms with E-state index in [-0.39, 0.29) is 11.9 Å². The highest BCUT2D eigenvalue weighted by Crippen LogP contribution is 2.31. The number of esters is 1. The number of hydrogen-bond donors (Lipinski definition) is 0. The van der Waals surface area contributed by atoms with Crippen LogP contribution in [0.15, 0.2) is 11.8 Å². The van der Waals surface area contributed by atoms with E-state index in [9.17, 15) is 4.79 Å². The fourth-order valence-corrected chi connectivity index (χ4v) is 1.62. The molecule has 0 bridgehead atoms. The Morgan fingerprint density at radius 1 is 1.29 bits per heavy atom. The second-order valence-electron chi connectivity index (χ2n) is 3.86. The molecule has 1 rings (SSSR count). The molecule has 0 saturated carbocycles. The van der Waals surface area contributed by atoms with E-state index in [0.29, 0.717) is 0 Å². The summed E-state index contributed by atoms with van der Waals surface area (Å²) in [6, 6.07) is 0. The second kappa shape index (κ2) is 5.84. The van der Waals surface area contributed by atoms with Crippen LogP contribution in [-0.2, 0) is 9.53 Å². The molecule has 0 aliphatic carbocycles. The molecule has 0 spiro atoms. The van der Waals surface area contributed by atoms with Crippen molar-refractivity contribution in [3.63, 3.8) is 0 Å². The first-order chi connectivity index (χ1) is 6.79. The van der Waals surface area contributed by atoms with Gasteiger partial charge >= 0.3 is 5.97 Å². The Bertz CT molecular complexity index is 218. The number of unbranched alkanes of at least 4 members (excludes halogenated alkanes) is 3. The molecule has 1 unspecified atom stereocenters. The van der Waals surface area contributed by atoms with Crippen LogP contribution < -0.4 is 0 Å². The first-order valence-corrected chi connectivity index (χ1v) is 5.71. The van der Waals surface area contributed by atoms with Gasteiger partial charge in [0.2, 0.25) is 0 Å². The molecule has 0 aromatic rings. The van der Waals surface area contributed by atoms with Crippen LogP contribution in [0, 0.1) is 5.92 Å². The molecule has 2 nitrogen and oxygen atoms in total. The van der Waals surface area contributed by atoms with Gasteiger partial charge in [-0.15, -0.1) is 0 Å². The predicted molar refractivity (Wildman–Crippen MR) is 56.7 cm³/mol. The minimum Gasteiger partial charge on any atom is -0.430 e. The lowest BCUT2D eigenvalue weighted by Crippen LogP contribution is -2.32. The molecule has 0 N–H and O–H groups in total. The van der Waals surface area contributed by atoms with Crippen LogP contribution >= 0.6 is 0 Å². The maximum atomic E-state index is 11.1. The lowest BCUT2D eigenvalue weighted by atomic mass is 9.95. The van der Waals surface area contributed by atoms with E-state index in [0.717, 1.165) is 31.4 Å². The van der Waals surface area contributed by atoms with Gasteiger partial charge in [-0.1, -0.05) is 33.1 Å². The van der Waals surface area contributed by atoms with Crippen molar-refractivity contribution in [3.05, 3.63) is 11.8 Å². The van der Waals surface area contributed by atoms with Gasteiger partial charge in [-0.2, -0.15) is 0 Å². The Morgan fingerprint density at radius 3 is 2.57 bits per heavy atom. The summed E-state index contributed by atoms with van der Waals surface area (Å²) in [6.45, 7) is 4.31. The normalized spacial score (nSPS) is 23.4. The Labute approximate surface area is 86.3 Å². The Morgan fingerprint density at radius 2 is 2.00 bits per heavy atom. The van der Waals surface area contributed by atoms with Crippen LogP contribution in [0.4, 0.5) is 0 Å². The Kier molecular flexibility index (Phi) is 4.71. The zero-order chi connectivity index (χ0) is 10.4. The molecule has 80 valence electrons. The largest absolute Gasteiger partial charge is 0.430 e. The summed E-state index contributed by atoms with van der Waals surface area (Å²) in [5, 5.41) is 0. The first-order valence-electron chi connectivity index (χ1n) is 5.71. The molecule has 1 aliphatic rings. The van der Waals surface area contributed by atoms with E-state index in [2.05, 4.69) is 19.9 Å². The zero-order valence-electron chi connectivity index (χ0n) is 9.21. The Hall–Kier alpha value is -0.790. The van der Waals surface area contributed by atoms with Crippen molar-refractivity contribution in [2.75, 3.05) is 0 Å². The van der Waals surface area contributed by atoms with Crippen molar-refractivity contribution in [2.45, 2.75) is 52.4 Å². The third-order valence-electron chi connectivity index (χ3n) is 2.60. The van der Waals surface area contributed by atoms with E-state index in [1.165, 1.54) is 12.8 Å². The van der Waals surface area contributed by atoms with Gasteiger partial charge in [-0.25, -0.2) is 0 Å². The molecule has 0 aromatic carbocycles. The molecule has 1 fully saturated rings. The standard InChI is InChI=1S/C12H20O2/c1-3-5-7-9-11-10(8-6-4-2)12(13)14-11/h9-10H,3-8H2,1-2H3/b11-9-. The SMILES string of the molecule is CCCC/C=C1\OC(=O)C1CCCC. The highest BCUT2D eigenvalue weighted by Gasteiger charge is 2.36. The maximum Gasteiger partial charge on any atom is 0.321 e. The molecule has 1 aliphatic heterocycles. The molecule has 1 saturated heterocycles. The average Bonchev–Trinajstić information content (AvgIpc) is 2.17. The fourth-order valence-electron chi connectivity index (χ4n) is 1.62. The van der Waals surface area contributed by atoms with Crippen molar-refractivity contribution >= 4 is 5.97 Å². The van der Waals surface area contributed by atoms with Gasteiger partial charge < -0.3 is 4.74 Å². The predicted octanol–water partition coefficient (Wildman–Crippen LogP) is 3.42. The molecular weight excluding hydrogens is 176 g/mol. The van der Waals surface area contributed by atoms with E-state index < -0.39 is 0 Å². The van der Waals surface area contributed by atoms with Crippen LogP contribution in [0.5, 0.6) is 0 Å². The van der Waals surface area contributed by atoms with Crippen molar-refractivity contribution in [2.24, 2.45) is 5.92 Å². The number of hydrogen-bond acceptors (Lipinski definition) is 2. The molecular formula is C12H20O2. The van der Waals surface area contributed by atoms with Crippen LogP contribution in [0.25, 0.3) is 0 Å². The summed E-state index contributed by atoms with van der Waals surface area (Å²) in [5.41, 5.74) is 0. The first kappa shape index (κ1) is 11.3. The van der Waals surface area contributed by atoms with E-state index in [1.807, 2.05) is 0 Å². The molecule has 0 radical (unpaired) electrons. The minimum absolute atomic E-state index is 0.0267. The smallest absolute Gasteiger partial charge is 0.321 e. The summed E-state index contributed by atoms with van der Waals surface area (Å²) in [6.07, 6.45) is 8.73. The topological polar surface area (TPSA) is 26.3 Å². The molecule has 14 heavy (non-hydrogen) atoms. The van der Waals surface area contributed by atoms with Crippen LogP contribution in [0.2, 0.25) is 0 Å². The summed E-state index contributed by atoms with van der Waals surface area (Å²) in [7, 11) is 0. The van der Waals surface area contributed by atoms with E-state index >= 15 is 0 Å². The molecule has 1 atom stereocenters. The lowest BCUT2D eigenvalue weighted by Gasteiger charge is -2.27.